The van der Waals surface area contributed by atoms with Crippen LogP contribution in [0.5, 0.6) is 5.88 Å². The lowest BCUT2D eigenvalue weighted by Crippen LogP contribution is -2.31. The molecule has 1 aromatic rings. The standard InChI is InChI=1S/C13H18N2O3/c1-3-18-13(16)12(15-10-5-6-10)9-4-7-11(17-2)14-8-9/h4,7-8,10,12,15H,3,5-6H2,1-2H3. The first-order valence-electron chi connectivity index (χ1n) is 6.17. The number of methoxy groups -OCH3 is 1. The molecule has 1 aliphatic carbocycles. The fourth-order valence-electron chi connectivity index (χ4n) is 1.69. The summed E-state index contributed by atoms with van der Waals surface area (Å²) in [4.78, 5) is 16.0. The second kappa shape index (κ2) is 5.82. The molecule has 2 rings (SSSR count). The van der Waals surface area contributed by atoms with Crippen molar-refractivity contribution in [3.63, 3.8) is 0 Å². The average Bonchev–Trinajstić information content (AvgIpc) is 3.20. The maximum atomic E-state index is 11.9. The highest BCUT2D eigenvalue weighted by atomic mass is 16.5. The van der Waals surface area contributed by atoms with Crippen molar-refractivity contribution in [2.24, 2.45) is 0 Å². The molecular formula is C13H18N2O3. The van der Waals surface area contributed by atoms with Gasteiger partial charge in [-0.15, -0.1) is 0 Å². The lowest BCUT2D eigenvalue weighted by molar-refractivity contribution is -0.145. The Hall–Kier alpha value is -1.62. The summed E-state index contributed by atoms with van der Waals surface area (Å²) in [5.74, 6) is 0.282. The highest BCUT2D eigenvalue weighted by Gasteiger charge is 2.30. The summed E-state index contributed by atoms with van der Waals surface area (Å²) in [6, 6.07) is 3.57. The highest BCUT2D eigenvalue weighted by molar-refractivity contribution is 5.77. The molecule has 1 aliphatic rings. The quantitative estimate of drug-likeness (QED) is 0.774. The Bertz CT molecular complexity index is 401. The van der Waals surface area contributed by atoms with Crippen LogP contribution in [0, 0.1) is 0 Å². The lowest BCUT2D eigenvalue weighted by atomic mass is 10.1. The Morgan fingerprint density at radius 1 is 1.56 bits per heavy atom. The maximum absolute atomic E-state index is 11.9. The van der Waals surface area contributed by atoms with Crippen molar-refractivity contribution in [3.05, 3.63) is 23.9 Å². The molecule has 0 aliphatic heterocycles. The molecule has 0 bridgehead atoms. The summed E-state index contributed by atoms with van der Waals surface area (Å²) in [5.41, 5.74) is 0.807. The normalized spacial score (nSPS) is 16.1. The second-order valence-corrected chi connectivity index (χ2v) is 4.26. The van der Waals surface area contributed by atoms with E-state index in [0.29, 0.717) is 18.5 Å². The first-order chi connectivity index (χ1) is 8.74. The molecule has 5 nitrogen and oxygen atoms in total. The van der Waals surface area contributed by atoms with E-state index in [0.717, 1.165) is 18.4 Å². The summed E-state index contributed by atoms with van der Waals surface area (Å²) < 4.78 is 10.1. The van der Waals surface area contributed by atoms with Gasteiger partial charge in [-0.3, -0.25) is 5.32 Å². The van der Waals surface area contributed by atoms with Gasteiger partial charge >= 0.3 is 5.97 Å². The molecule has 1 fully saturated rings. The molecular weight excluding hydrogens is 232 g/mol. The molecule has 0 amide bonds. The van der Waals surface area contributed by atoms with Gasteiger partial charge in [0.2, 0.25) is 5.88 Å². The second-order valence-electron chi connectivity index (χ2n) is 4.26. The van der Waals surface area contributed by atoms with Crippen LogP contribution >= 0.6 is 0 Å². The smallest absolute Gasteiger partial charge is 0.327 e. The molecule has 18 heavy (non-hydrogen) atoms. The van der Waals surface area contributed by atoms with Crippen LogP contribution in [0.25, 0.3) is 0 Å². The number of ether oxygens (including phenoxy) is 2. The number of pyridine rings is 1. The minimum absolute atomic E-state index is 0.253. The summed E-state index contributed by atoms with van der Waals surface area (Å²) >= 11 is 0. The maximum Gasteiger partial charge on any atom is 0.327 e. The van der Waals surface area contributed by atoms with Crippen LogP contribution in [0.3, 0.4) is 0 Å². The van der Waals surface area contributed by atoms with Crippen LogP contribution in [-0.2, 0) is 9.53 Å². The monoisotopic (exact) mass is 250 g/mol. The van der Waals surface area contributed by atoms with Crippen molar-refractivity contribution in [1.29, 1.82) is 0 Å². The van der Waals surface area contributed by atoms with E-state index in [9.17, 15) is 4.79 Å². The Morgan fingerprint density at radius 3 is 2.83 bits per heavy atom. The van der Waals surface area contributed by atoms with E-state index >= 15 is 0 Å². The van der Waals surface area contributed by atoms with Gasteiger partial charge in [-0.1, -0.05) is 0 Å². The summed E-state index contributed by atoms with van der Waals surface area (Å²) in [5, 5.41) is 3.27. The Kier molecular flexibility index (Phi) is 4.15. The predicted octanol–water partition coefficient (Wildman–Crippen LogP) is 1.45. The van der Waals surface area contributed by atoms with Crippen LogP contribution in [0.15, 0.2) is 18.3 Å². The number of hydrogen-bond donors (Lipinski definition) is 1. The van der Waals surface area contributed by atoms with Crippen molar-refractivity contribution in [3.8, 4) is 5.88 Å². The number of aromatic nitrogens is 1. The topological polar surface area (TPSA) is 60.5 Å². The van der Waals surface area contributed by atoms with E-state index in [1.807, 2.05) is 6.07 Å². The van der Waals surface area contributed by atoms with Crippen LogP contribution in [-0.4, -0.2) is 30.7 Å². The minimum Gasteiger partial charge on any atom is -0.481 e. The largest absolute Gasteiger partial charge is 0.481 e. The molecule has 0 radical (unpaired) electrons. The molecule has 1 saturated carbocycles. The molecule has 98 valence electrons. The van der Waals surface area contributed by atoms with Gasteiger partial charge in [-0.25, -0.2) is 9.78 Å². The van der Waals surface area contributed by atoms with Gasteiger partial charge in [-0.05, 0) is 31.4 Å². The molecule has 0 aromatic carbocycles. The molecule has 1 atom stereocenters. The number of carbonyl (C=O) groups is 1. The molecule has 1 heterocycles. The number of nitrogens with one attached hydrogen (secondary N) is 1. The van der Waals surface area contributed by atoms with Crippen molar-refractivity contribution in [2.45, 2.75) is 31.8 Å². The number of esters is 1. The average molecular weight is 250 g/mol. The number of carbonyl (C=O) groups excluding carboxylic acids is 1. The molecule has 5 heteroatoms. The van der Waals surface area contributed by atoms with Crippen LogP contribution in [0.1, 0.15) is 31.4 Å². The van der Waals surface area contributed by atoms with Gasteiger partial charge in [-0.2, -0.15) is 0 Å². The zero-order chi connectivity index (χ0) is 13.0. The Balaban J connectivity index is 2.12. The van der Waals surface area contributed by atoms with Crippen LogP contribution in [0.4, 0.5) is 0 Å². The van der Waals surface area contributed by atoms with Crippen molar-refractivity contribution in [1.82, 2.24) is 10.3 Å². The van der Waals surface area contributed by atoms with Crippen molar-refractivity contribution < 1.29 is 14.3 Å². The minimum atomic E-state index is -0.434. The molecule has 1 N–H and O–H groups in total. The molecule has 1 unspecified atom stereocenters. The van der Waals surface area contributed by atoms with E-state index in [2.05, 4.69) is 10.3 Å². The fourth-order valence-corrected chi connectivity index (χ4v) is 1.69. The summed E-state index contributed by atoms with van der Waals surface area (Å²) in [6.07, 6.45) is 3.87. The molecule has 1 aromatic heterocycles. The zero-order valence-corrected chi connectivity index (χ0v) is 10.7. The van der Waals surface area contributed by atoms with Crippen molar-refractivity contribution in [2.75, 3.05) is 13.7 Å². The number of nitrogens with zero attached hydrogens (tertiary/aromatic N) is 1. The third-order valence-corrected chi connectivity index (χ3v) is 2.80. The first-order valence-corrected chi connectivity index (χ1v) is 6.17. The van der Waals surface area contributed by atoms with E-state index in [-0.39, 0.29) is 5.97 Å². The lowest BCUT2D eigenvalue weighted by Gasteiger charge is -2.17. The van der Waals surface area contributed by atoms with Crippen LogP contribution in [0.2, 0.25) is 0 Å². The predicted molar refractivity (Wildman–Crippen MR) is 66.3 cm³/mol. The van der Waals surface area contributed by atoms with Gasteiger partial charge in [0.05, 0.1) is 13.7 Å². The molecule has 0 saturated heterocycles. The SMILES string of the molecule is CCOC(=O)C(NC1CC1)c1ccc(OC)nc1. The zero-order valence-electron chi connectivity index (χ0n) is 10.7. The third-order valence-electron chi connectivity index (χ3n) is 2.80. The number of rotatable bonds is 6. The first kappa shape index (κ1) is 12.8. The summed E-state index contributed by atoms with van der Waals surface area (Å²) in [7, 11) is 1.56. The third kappa shape index (κ3) is 3.20. The molecule has 0 spiro atoms. The Labute approximate surface area is 107 Å². The van der Waals surface area contributed by atoms with Crippen molar-refractivity contribution >= 4 is 5.97 Å². The van der Waals surface area contributed by atoms with E-state index < -0.39 is 6.04 Å². The fraction of sp³-hybridized carbons (Fsp3) is 0.538. The van der Waals surface area contributed by atoms with Gasteiger partial charge in [0.15, 0.2) is 0 Å². The van der Waals surface area contributed by atoms with E-state index in [1.165, 1.54) is 0 Å². The summed E-state index contributed by atoms with van der Waals surface area (Å²) in [6.45, 7) is 2.18. The highest BCUT2D eigenvalue weighted by Crippen LogP contribution is 2.25. The van der Waals surface area contributed by atoms with Gasteiger partial charge < -0.3 is 9.47 Å². The van der Waals surface area contributed by atoms with Gasteiger partial charge in [0.25, 0.3) is 0 Å². The van der Waals surface area contributed by atoms with Gasteiger partial charge in [0, 0.05) is 18.3 Å². The Morgan fingerprint density at radius 2 is 2.33 bits per heavy atom. The van der Waals surface area contributed by atoms with Gasteiger partial charge in [0.1, 0.15) is 6.04 Å². The van der Waals surface area contributed by atoms with Crippen LogP contribution < -0.4 is 10.1 Å². The van der Waals surface area contributed by atoms with E-state index in [1.54, 1.807) is 26.3 Å². The number of hydrogen-bond acceptors (Lipinski definition) is 5. The van der Waals surface area contributed by atoms with E-state index in [4.69, 9.17) is 9.47 Å².